The number of ether oxygens (including phenoxy) is 1. The number of benzene rings is 9. The van der Waals surface area contributed by atoms with Gasteiger partial charge in [-0.05, 0) is 140 Å². The molecular weight excluding hydrogens is 937 g/mol. The minimum Gasteiger partial charge on any atom is -0.457 e. The third-order valence-electron chi connectivity index (χ3n) is 16.3. The molecule has 2 aromatic heterocycles. The van der Waals surface area contributed by atoms with E-state index in [1.807, 2.05) is 6.20 Å². The summed E-state index contributed by atoms with van der Waals surface area (Å²) in [5, 5.41) is 2.29. The first-order valence-corrected chi connectivity index (χ1v) is 27.3. The molecular formula is C72H66N4O. The number of hydrogen-bond donors (Lipinski definition) is 0. The van der Waals surface area contributed by atoms with Crippen molar-refractivity contribution in [2.75, 3.05) is 16.5 Å². The lowest BCUT2D eigenvalue weighted by Gasteiger charge is -2.28. The summed E-state index contributed by atoms with van der Waals surface area (Å²) in [4.78, 5) is 10.0. The van der Waals surface area contributed by atoms with E-state index >= 15 is 0 Å². The molecule has 0 unspecified atom stereocenters. The summed E-state index contributed by atoms with van der Waals surface area (Å²) in [6.07, 6.45) is 1.95. The molecule has 12 rings (SSSR count). The van der Waals surface area contributed by atoms with Crippen molar-refractivity contribution < 1.29 is 4.74 Å². The Morgan fingerprint density at radius 2 is 0.987 bits per heavy atom. The van der Waals surface area contributed by atoms with Gasteiger partial charge in [0.05, 0.1) is 22.4 Å². The molecule has 0 spiro atoms. The molecule has 5 nitrogen and oxygen atoms in total. The van der Waals surface area contributed by atoms with Gasteiger partial charge < -0.3 is 14.5 Å². The topological polar surface area (TPSA) is 33.5 Å². The predicted octanol–water partition coefficient (Wildman–Crippen LogP) is 19.5. The lowest BCUT2D eigenvalue weighted by Crippen LogP contribution is -2.25. The molecule has 0 fully saturated rings. The van der Waals surface area contributed by atoms with E-state index in [9.17, 15) is 0 Å². The average molecular weight is 1000 g/mol. The minimum absolute atomic E-state index is 0.189. The van der Waals surface area contributed by atoms with Crippen molar-refractivity contribution in [3.05, 3.63) is 264 Å². The van der Waals surface area contributed by atoms with E-state index in [0.717, 1.165) is 56.2 Å². The van der Waals surface area contributed by atoms with Crippen LogP contribution in [0.2, 0.25) is 0 Å². The van der Waals surface area contributed by atoms with E-state index in [1.54, 1.807) is 0 Å². The smallest absolute Gasteiger partial charge is 0.137 e. The van der Waals surface area contributed by atoms with Gasteiger partial charge in [0.1, 0.15) is 24.0 Å². The van der Waals surface area contributed by atoms with Gasteiger partial charge in [-0.1, -0.05) is 195 Å². The normalized spacial score (nSPS) is 12.8. The molecule has 9 aromatic carbocycles. The maximum atomic E-state index is 7.00. The predicted molar refractivity (Wildman–Crippen MR) is 323 cm³/mol. The Morgan fingerprint density at radius 1 is 0.416 bits per heavy atom. The van der Waals surface area contributed by atoms with Gasteiger partial charge in [0.15, 0.2) is 0 Å². The van der Waals surface area contributed by atoms with Gasteiger partial charge in [-0.15, -0.1) is 0 Å². The van der Waals surface area contributed by atoms with Crippen molar-refractivity contribution in [3.63, 3.8) is 0 Å². The van der Waals surface area contributed by atoms with Gasteiger partial charge >= 0.3 is 0 Å². The van der Waals surface area contributed by atoms with Crippen molar-refractivity contribution in [1.82, 2.24) is 9.55 Å². The van der Waals surface area contributed by atoms with Gasteiger partial charge in [-0.2, -0.15) is 0 Å². The van der Waals surface area contributed by atoms with Gasteiger partial charge in [-0.25, -0.2) is 4.98 Å². The number of hydrogen-bond acceptors (Lipinski definition) is 4. The fourth-order valence-electron chi connectivity index (χ4n) is 11.8. The van der Waals surface area contributed by atoms with Crippen molar-refractivity contribution in [2.24, 2.45) is 0 Å². The molecule has 0 aliphatic carbocycles. The van der Waals surface area contributed by atoms with Crippen molar-refractivity contribution in [2.45, 2.75) is 78.1 Å². The van der Waals surface area contributed by atoms with E-state index in [1.165, 1.54) is 61.3 Å². The van der Waals surface area contributed by atoms with Crippen LogP contribution in [-0.4, -0.2) is 16.2 Å². The Balaban J connectivity index is 0.953. The second-order valence-corrected chi connectivity index (χ2v) is 22.5. The van der Waals surface area contributed by atoms with Gasteiger partial charge in [0.2, 0.25) is 0 Å². The Bertz CT molecular complexity index is 3920. The molecule has 380 valence electrons. The van der Waals surface area contributed by atoms with Crippen LogP contribution in [0.5, 0.6) is 11.5 Å². The van der Waals surface area contributed by atoms with Crippen LogP contribution >= 0.6 is 0 Å². The van der Waals surface area contributed by atoms with E-state index in [-0.39, 0.29) is 10.8 Å². The maximum absolute atomic E-state index is 7.00. The highest BCUT2D eigenvalue weighted by atomic mass is 16.5. The number of rotatable bonds is 13. The average Bonchev–Trinajstić information content (AvgIpc) is 4.20. The van der Waals surface area contributed by atoms with Crippen molar-refractivity contribution >= 4 is 44.6 Å². The number of pyridine rings is 1. The Hall–Kier alpha value is -8.67. The Morgan fingerprint density at radius 3 is 1.66 bits per heavy atom. The molecule has 0 saturated heterocycles. The largest absolute Gasteiger partial charge is 0.457 e. The molecule has 1 aliphatic heterocycles. The first-order valence-electron chi connectivity index (χ1n) is 27.3. The maximum Gasteiger partial charge on any atom is 0.137 e. The molecule has 1 aliphatic rings. The molecule has 0 radical (unpaired) electrons. The highest BCUT2D eigenvalue weighted by molar-refractivity contribution is 6.10. The molecule has 5 heteroatoms. The third kappa shape index (κ3) is 9.04. The summed E-state index contributed by atoms with van der Waals surface area (Å²) >= 11 is 0. The van der Waals surface area contributed by atoms with E-state index < -0.39 is 0 Å². The molecule has 0 amide bonds. The summed E-state index contributed by atoms with van der Waals surface area (Å²) in [7, 11) is 0. The van der Waals surface area contributed by atoms with Crippen LogP contribution in [0.4, 0.5) is 22.7 Å². The Kier molecular flexibility index (Phi) is 12.7. The molecule has 11 aromatic rings. The van der Waals surface area contributed by atoms with E-state index in [0.29, 0.717) is 18.5 Å². The highest BCUT2D eigenvalue weighted by Crippen LogP contribution is 2.49. The van der Waals surface area contributed by atoms with Crippen LogP contribution < -0.4 is 14.5 Å². The van der Waals surface area contributed by atoms with Crippen LogP contribution in [0.25, 0.3) is 49.9 Å². The fraction of sp³-hybridized carbons (Fsp3) is 0.181. The second-order valence-electron chi connectivity index (χ2n) is 22.5. The van der Waals surface area contributed by atoms with Gasteiger partial charge in [-0.3, -0.25) is 4.57 Å². The molecule has 0 atom stereocenters. The zero-order valence-electron chi connectivity index (χ0n) is 45.5. The summed E-state index contributed by atoms with van der Waals surface area (Å²) in [6.45, 7) is 19.1. The van der Waals surface area contributed by atoms with Crippen LogP contribution in [0.15, 0.2) is 231 Å². The summed E-state index contributed by atoms with van der Waals surface area (Å²) in [5.74, 6) is 3.11. The summed E-state index contributed by atoms with van der Waals surface area (Å²) < 4.78 is 9.30. The van der Waals surface area contributed by atoms with Crippen LogP contribution in [0.3, 0.4) is 0 Å². The van der Waals surface area contributed by atoms with Gasteiger partial charge in [0.25, 0.3) is 0 Å². The fourth-order valence-corrected chi connectivity index (χ4v) is 11.8. The highest BCUT2D eigenvalue weighted by Gasteiger charge is 2.32. The van der Waals surface area contributed by atoms with Crippen LogP contribution in [0, 0.1) is 0 Å². The molecule has 0 saturated carbocycles. The van der Waals surface area contributed by atoms with E-state index in [2.05, 4.69) is 294 Å². The standard InChI is InChI=1S/C72H66N4O/c1-48(2)61-31-20-32-62(49(3)4)70(61)52-34-38-66-68(42-52)75(47-74(66)57-28-18-27-55(43-57)71(5,6)53-23-14-10-15-24-53)58-29-19-30-59(45-58)77-60-35-36-63-64-41-51(50-21-12-9-13-22-50)33-37-65(64)76(67(63)46-60)69-44-56(39-40-73-69)72(7,8)54-25-16-11-17-26-54/h9-46,48-49H,47H2,1-8H3. The first kappa shape index (κ1) is 49.2. The molecule has 0 N–H and O–H groups in total. The van der Waals surface area contributed by atoms with E-state index in [4.69, 9.17) is 9.72 Å². The van der Waals surface area contributed by atoms with Crippen molar-refractivity contribution in [3.8, 4) is 39.6 Å². The summed E-state index contributed by atoms with van der Waals surface area (Å²) in [5.41, 5.74) is 18.9. The monoisotopic (exact) mass is 1000 g/mol. The SMILES string of the molecule is CC(C)c1cccc(C(C)C)c1-c1ccc2c(c1)N(c1cccc(Oc3ccc4c5cc(-c6ccccc6)ccc5n(-c5cc(C(C)(C)c6ccccc6)ccn5)c4c3)c1)CN2c1cccc(C(C)(C)c2ccccc2)c1. The first-order chi connectivity index (χ1) is 37.3. The Labute approximate surface area is 454 Å². The minimum atomic E-state index is -0.245. The summed E-state index contributed by atoms with van der Waals surface area (Å²) in [6, 6.07) is 81.5. The zero-order chi connectivity index (χ0) is 53.0. The van der Waals surface area contributed by atoms with Crippen molar-refractivity contribution in [1.29, 1.82) is 0 Å². The lowest BCUT2D eigenvalue weighted by atomic mass is 9.78. The second kappa shape index (κ2) is 19.8. The zero-order valence-corrected chi connectivity index (χ0v) is 45.5. The number of fused-ring (bicyclic) bond motifs is 4. The molecule has 3 heterocycles. The number of aromatic nitrogens is 2. The van der Waals surface area contributed by atoms with Crippen LogP contribution in [0.1, 0.15) is 101 Å². The molecule has 77 heavy (non-hydrogen) atoms. The van der Waals surface area contributed by atoms with Crippen LogP contribution in [-0.2, 0) is 10.8 Å². The molecule has 0 bridgehead atoms. The third-order valence-corrected chi connectivity index (χ3v) is 16.3. The quantitative estimate of drug-likeness (QED) is 0.115. The number of nitrogens with zero attached hydrogens (tertiary/aromatic N) is 4. The van der Waals surface area contributed by atoms with Gasteiger partial charge in [0, 0.05) is 51.3 Å². The lowest BCUT2D eigenvalue weighted by molar-refractivity contribution is 0.483. The number of anilines is 4.